The SMILES string of the molecule is CN1C2C=C3C(C#N)C(=N)C(C#N)(C#N)C(c4ccccc4C(F)(F)F)C3C1CC2. The number of fused-ring (bicyclic) bond motifs is 4. The van der Waals surface area contributed by atoms with E-state index in [0.717, 1.165) is 12.5 Å². The molecule has 0 spiro atoms. The molecule has 0 radical (unpaired) electrons. The van der Waals surface area contributed by atoms with Gasteiger partial charge in [0.2, 0.25) is 0 Å². The van der Waals surface area contributed by atoms with Gasteiger partial charge in [0.1, 0.15) is 5.92 Å². The van der Waals surface area contributed by atoms with Crippen LogP contribution in [-0.4, -0.2) is 29.7 Å². The minimum absolute atomic E-state index is 0.0417. The third-order valence-electron chi connectivity index (χ3n) is 6.94. The number of rotatable bonds is 1. The van der Waals surface area contributed by atoms with Crippen LogP contribution >= 0.6 is 0 Å². The topological polar surface area (TPSA) is 98.5 Å². The molecule has 152 valence electrons. The van der Waals surface area contributed by atoms with Crippen molar-refractivity contribution >= 4 is 5.71 Å². The molecule has 1 saturated heterocycles. The molecule has 1 aromatic carbocycles. The Labute approximate surface area is 172 Å². The molecule has 2 heterocycles. The van der Waals surface area contributed by atoms with Crippen molar-refractivity contribution in [2.45, 2.75) is 37.0 Å². The number of nitrogens with one attached hydrogen (secondary N) is 1. The monoisotopic (exact) mass is 409 g/mol. The number of likely N-dealkylation sites (N-methyl/N-ethyl adjacent to an activating group) is 1. The second-order valence-corrected chi connectivity index (χ2v) is 8.14. The van der Waals surface area contributed by atoms with Gasteiger partial charge < -0.3 is 5.41 Å². The van der Waals surface area contributed by atoms with E-state index in [0.29, 0.717) is 12.0 Å². The third-order valence-corrected chi connectivity index (χ3v) is 6.94. The van der Waals surface area contributed by atoms with Gasteiger partial charge in [-0.2, -0.15) is 29.0 Å². The molecule has 3 aliphatic rings. The maximum Gasteiger partial charge on any atom is 0.416 e. The first-order chi connectivity index (χ1) is 14.2. The maximum absolute atomic E-state index is 13.9. The van der Waals surface area contributed by atoms with Gasteiger partial charge in [-0.3, -0.25) is 4.90 Å². The summed E-state index contributed by atoms with van der Waals surface area (Å²) in [6.45, 7) is 0. The highest BCUT2D eigenvalue weighted by Crippen LogP contribution is 2.59. The first-order valence-electron chi connectivity index (χ1n) is 9.62. The Kier molecular flexibility index (Phi) is 4.49. The molecular formula is C22H18F3N5. The van der Waals surface area contributed by atoms with Crippen molar-refractivity contribution in [2.24, 2.45) is 17.3 Å². The summed E-state index contributed by atoms with van der Waals surface area (Å²) in [5.41, 5.74) is -3.07. The van der Waals surface area contributed by atoms with Crippen LogP contribution in [0.5, 0.6) is 0 Å². The Hall–Kier alpha value is -3.15. The van der Waals surface area contributed by atoms with E-state index < -0.39 is 40.6 Å². The summed E-state index contributed by atoms with van der Waals surface area (Å²) in [5, 5.41) is 38.4. The molecule has 0 aromatic heterocycles. The molecule has 0 amide bonds. The molecule has 5 atom stereocenters. The van der Waals surface area contributed by atoms with E-state index in [2.05, 4.69) is 4.90 Å². The van der Waals surface area contributed by atoms with Gasteiger partial charge in [0.25, 0.3) is 0 Å². The molecule has 5 nitrogen and oxygen atoms in total. The second-order valence-electron chi connectivity index (χ2n) is 8.14. The predicted octanol–water partition coefficient (Wildman–Crippen LogP) is 4.01. The van der Waals surface area contributed by atoms with Gasteiger partial charge >= 0.3 is 6.18 Å². The van der Waals surface area contributed by atoms with Gasteiger partial charge in [0, 0.05) is 23.9 Å². The van der Waals surface area contributed by atoms with Gasteiger partial charge in [-0.15, -0.1) is 0 Å². The number of hydrogen-bond donors (Lipinski definition) is 1. The van der Waals surface area contributed by atoms with E-state index in [-0.39, 0.29) is 17.6 Å². The second kappa shape index (κ2) is 6.69. The lowest BCUT2D eigenvalue weighted by Gasteiger charge is -2.50. The van der Waals surface area contributed by atoms with Crippen molar-refractivity contribution in [3.05, 3.63) is 47.0 Å². The summed E-state index contributed by atoms with van der Waals surface area (Å²) >= 11 is 0. The van der Waals surface area contributed by atoms with Crippen molar-refractivity contribution in [1.29, 1.82) is 21.2 Å². The molecule has 5 unspecified atom stereocenters. The summed E-state index contributed by atoms with van der Waals surface area (Å²) in [4.78, 5) is 2.06. The molecule has 2 aliphatic heterocycles. The summed E-state index contributed by atoms with van der Waals surface area (Å²) in [7, 11) is 1.88. The van der Waals surface area contributed by atoms with Gasteiger partial charge in [0.15, 0.2) is 5.41 Å². The molecule has 8 heteroatoms. The lowest BCUT2D eigenvalue weighted by molar-refractivity contribution is -0.138. The fraction of sp³-hybridized carbons (Fsp3) is 0.455. The highest BCUT2D eigenvalue weighted by Gasteiger charge is 2.62. The number of alkyl halides is 3. The Morgan fingerprint density at radius 2 is 1.80 bits per heavy atom. The van der Waals surface area contributed by atoms with E-state index in [4.69, 9.17) is 5.41 Å². The molecule has 1 saturated carbocycles. The molecule has 1 aromatic rings. The van der Waals surface area contributed by atoms with E-state index in [9.17, 15) is 29.0 Å². The minimum Gasteiger partial charge on any atom is -0.305 e. The fourth-order valence-electron chi connectivity index (χ4n) is 5.60. The molecule has 1 aliphatic carbocycles. The van der Waals surface area contributed by atoms with Crippen LogP contribution in [-0.2, 0) is 6.18 Å². The van der Waals surface area contributed by atoms with Crippen molar-refractivity contribution in [3.8, 4) is 18.2 Å². The standard InChI is InChI=1S/C22H18F3N5/c1-30-12-6-7-17(30)18-14(8-12)15(9-26)20(29)21(10-27,11-28)19(18)13-4-2-3-5-16(13)22(23,24)25/h2-5,8,12,15,17-19,29H,6-7H2,1H3. The molecule has 2 fully saturated rings. The van der Waals surface area contributed by atoms with Crippen LogP contribution in [0.4, 0.5) is 13.2 Å². The predicted molar refractivity (Wildman–Crippen MR) is 101 cm³/mol. The number of benzene rings is 1. The lowest BCUT2D eigenvalue weighted by Crippen LogP contribution is -2.55. The van der Waals surface area contributed by atoms with E-state index in [1.54, 1.807) is 0 Å². The van der Waals surface area contributed by atoms with Crippen molar-refractivity contribution in [2.75, 3.05) is 7.05 Å². The largest absolute Gasteiger partial charge is 0.416 e. The Morgan fingerprint density at radius 1 is 1.13 bits per heavy atom. The normalized spacial score (nSPS) is 32.4. The fourth-order valence-corrected chi connectivity index (χ4v) is 5.60. The zero-order chi connectivity index (χ0) is 21.8. The summed E-state index contributed by atoms with van der Waals surface area (Å²) in [5.74, 6) is -2.91. The van der Waals surface area contributed by atoms with Crippen LogP contribution in [0.15, 0.2) is 35.9 Å². The van der Waals surface area contributed by atoms with Crippen LogP contribution in [0.2, 0.25) is 0 Å². The van der Waals surface area contributed by atoms with Crippen LogP contribution in [0.1, 0.15) is 29.9 Å². The average Bonchev–Trinajstić information content (AvgIpc) is 2.95. The Morgan fingerprint density at radius 3 is 2.40 bits per heavy atom. The van der Waals surface area contributed by atoms with Crippen LogP contribution < -0.4 is 0 Å². The molecule has 30 heavy (non-hydrogen) atoms. The average molecular weight is 409 g/mol. The molecule has 4 rings (SSSR count). The van der Waals surface area contributed by atoms with Crippen molar-refractivity contribution in [1.82, 2.24) is 4.90 Å². The number of hydrogen-bond acceptors (Lipinski definition) is 5. The van der Waals surface area contributed by atoms with Gasteiger partial charge in [-0.1, -0.05) is 24.3 Å². The zero-order valence-electron chi connectivity index (χ0n) is 16.1. The molecular weight excluding hydrogens is 391 g/mol. The summed E-state index contributed by atoms with van der Waals surface area (Å²) in [6.07, 6.45) is -1.33. The highest BCUT2D eigenvalue weighted by atomic mass is 19.4. The Bertz CT molecular complexity index is 1050. The first-order valence-corrected chi connectivity index (χ1v) is 9.62. The molecule has 1 N–H and O–H groups in total. The lowest BCUT2D eigenvalue weighted by atomic mass is 9.52. The van der Waals surface area contributed by atoms with Gasteiger partial charge in [-0.05, 0) is 37.1 Å². The van der Waals surface area contributed by atoms with Crippen LogP contribution in [0.25, 0.3) is 0 Å². The Balaban J connectivity index is 2.05. The van der Waals surface area contributed by atoms with Crippen molar-refractivity contribution in [3.63, 3.8) is 0 Å². The van der Waals surface area contributed by atoms with E-state index in [1.165, 1.54) is 18.2 Å². The van der Waals surface area contributed by atoms with Crippen LogP contribution in [0, 0.1) is 56.7 Å². The summed E-state index contributed by atoms with van der Waals surface area (Å²) < 4.78 is 41.7. The first kappa shape index (κ1) is 20.1. The number of halogens is 3. The van der Waals surface area contributed by atoms with Gasteiger partial charge in [0.05, 0.1) is 29.5 Å². The molecule has 2 bridgehead atoms. The third kappa shape index (κ3) is 2.52. The van der Waals surface area contributed by atoms with Gasteiger partial charge in [-0.25, -0.2) is 0 Å². The summed E-state index contributed by atoms with van der Waals surface area (Å²) in [6, 6.07) is 10.6. The minimum atomic E-state index is -4.68. The van der Waals surface area contributed by atoms with Crippen molar-refractivity contribution < 1.29 is 13.2 Å². The number of nitrogens with zero attached hydrogens (tertiary/aromatic N) is 4. The quantitative estimate of drug-likeness (QED) is 0.709. The van der Waals surface area contributed by atoms with Crippen LogP contribution in [0.3, 0.4) is 0 Å². The van der Waals surface area contributed by atoms with E-state index in [1.807, 2.05) is 31.3 Å². The van der Waals surface area contributed by atoms with E-state index >= 15 is 0 Å². The zero-order valence-corrected chi connectivity index (χ0v) is 16.1. The maximum atomic E-state index is 13.9. The number of nitriles is 3. The smallest absolute Gasteiger partial charge is 0.305 e. The highest BCUT2D eigenvalue weighted by molar-refractivity contribution is 6.01.